The number of aliphatic hydroxyl groups is 1. The number of ketones is 1. The number of aliphatic hydroxyl groups excluding tert-OH is 1. The molecule has 0 spiro atoms. The van der Waals surface area contributed by atoms with Crippen molar-refractivity contribution in [1.29, 1.82) is 0 Å². The van der Waals surface area contributed by atoms with Crippen LogP contribution in [0.2, 0.25) is 5.02 Å². The number of likely N-dealkylation sites (tertiary alicyclic amines) is 1. The summed E-state index contributed by atoms with van der Waals surface area (Å²) < 4.78 is 5.27. The van der Waals surface area contributed by atoms with Gasteiger partial charge in [-0.25, -0.2) is 0 Å². The van der Waals surface area contributed by atoms with Crippen LogP contribution >= 0.6 is 11.6 Å². The molecular formula is C23H25ClN2O4. The van der Waals surface area contributed by atoms with Gasteiger partial charge in [0.2, 0.25) is 0 Å². The van der Waals surface area contributed by atoms with Crippen LogP contribution in [0.4, 0.5) is 0 Å². The summed E-state index contributed by atoms with van der Waals surface area (Å²) in [6, 6.07) is 11.4. The number of Topliss-reactive ketones (excluding diaryl/α,β-unsaturated/α-hetero) is 1. The van der Waals surface area contributed by atoms with Gasteiger partial charge in [0.15, 0.2) is 0 Å². The monoisotopic (exact) mass is 428 g/mol. The molecule has 0 unspecified atom stereocenters. The summed E-state index contributed by atoms with van der Waals surface area (Å²) in [5, 5.41) is 11.6. The van der Waals surface area contributed by atoms with Crippen molar-refractivity contribution in [3.8, 4) is 5.75 Å². The van der Waals surface area contributed by atoms with Crippen molar-refractivity contribution in [2.45, 2.75) is 13.0 Å². The zero-order valence-corrected chi connectivity index (χ0v) is 18.2. The highest BCUT2D eigenvalue weighted by Gasteiger charge is 2.45. The van der Waals surface area contributed by atoms with Crippen LogP contribution in [-0.2, 0) is 9.59 Å². The predicted octanol–water partition coefficient (Wildman–Crippen LogP) is 3.64. The third kappa shape index (κ3) is 4.20. The zero-order chi connectivity index (χ0) is 22.0. The van der Waals surface area contributed by atoms with E-state index in [2.05, 4.69) is 0 Å². The van der Waals surface area contributed by atoms with Crippen molar-refractivity contribution < 1.29 is 19.4 Å². The Morgan fingerprint density at radius 1 is 1.17 bits per heavy atom. The molecule has 1 atom stereocenters. The molecule has 6 nitrogen and oxygen atoms in total. The van der Waals surface area contributed by atoms with Gasteiger partial charge in [-0.3, -0.25) is 9.59 Å². The van der Waals surface area contributed by atoms with E-state index in [0.717, 1.165) is 5.56 Å². The highest BCUT2D eigenvalue weighted by molar-refractivity contribution is 6.46. The molecule has 158 valence electrons. The molecule has 1 aliphatic rings. The first-order chi connectivity index (χ1) is 14.2. The van der Waals surface area contributed by atoms with Gasteiger partial charge in [-0.15, -0.1) is 0 Å². The average Bonchev–Trinajstić information content (AvgIpc) is 2.96. The lowest BCUT2D eigenvalue weighted by Gasteiger charge is -2.26. The number of ether oxygens (including phenoxy) is 1. The first kappa shape index (κ1) is 21.9. The van der Waals surface area contributed by atoms with Crippen molar-refractivity contribution >= 4 is 29.1 Å². The molecule has 30 heavy (non-hydrogen) atoms. The smallest absolute Gasteiger partial charge is 0.295 e. The third-order valence-electron chi connectivity index (χ3n) is 5.18. The number of carbonyl (C=O) groups is 2. The Hall–Kier alpha value is -2.83. The van der Waals surface area contributed by atoms with Gasteiger partial charge in [0.1, 0.15) is 11.5 Å². The molecule has 7 heteroatoms. The van der Waals surface area contributed by atoms with E-state index in [1.807, 2.05) is 25.9 Å². The van der Waals surface area contributed by atoms with Crippen LogP contribution < -0.4 is 4.74 Å². The number of benzene rings is 2. The summed E-state index contributed by atoms with van der Waals surface area (Å²) in [5.41, 5.74) is 2.05. The molecule has 2 aromatic carbocycles. The van der Waals surface area contributed by atoms with Crippen LogP contribution in [0, 0.1) is 6.92 Å². The van der Waals surface area contributed by atoms with E-state index in [-0.39, 0.29) is 11.3 Å². The SMILES string of the molecule is COc1ccc(C(O)=C2C(=O)C(=O)N(CCN(C)C)[C@H]2c2ccc(Cl)cc2)cc1C. The number of halogens is 1. The number of carbonyl (C=O) groups excluding carboxylic acids is 2. The molecule has 1 fully saturated rings. The normalized spacial score (nSPS) is 18.3. The van der Waals surface area contributed by atoms with Crippen LogP contribution in [0.25, 0.3) is 5.76 Å². The predicted molar refractivity (Wildman–Crippen MR) is 117 cm³/mol. The van der Waals surface area contributed by atoms with Crippen LogP contribution in [-0.4, -0.2) is 60.9 Å². The van der Waals surface area contributed by atoms with Gasteiger partial charge in [0.25, 0.3) is 11.7 Å². The van der Waals surface area contributed by atoms with Gasteiger partial charge in [-0.05, 0) is 62.5 Å². The lowest BCUT2D eigenvalue weighted by molar-refractivity contribution is -0.140. The number of aryl methyl sites for hydroxylation is 1. The van der Waals surface area contributed by atoms with Crippen LogP contribution in [0.15, 0.2) is 48.0 Å². The summed E-state index contributed by atoms with van der Waals surface area (Å²) in [7, 11) is 5.36. The number of likely N-dealkylation sites (N-methyl/N-ethyl adjacent to an activating group) is 1. The molecule has 3 rings (SSSR count). The summed E-state index contributed by atoms with van der Waals surface area (Å²) >= 11 is 6.03. The van der Waals surface area contributed by atoms with E-state index in [1.165, 1.54) is 4.90 Å². The minimum Gasteiger partial charge on any atom is -0.507 e. The lowest BCUT2D eigenvalue weighted by Crippen LogP contribution is -2.35. The van der Waals surface area contributed by atoms with Gasteiger partial charge in [0, 0.05) is 23.7 Å². The molecular weight excluding hydrogens is 404 g/mol. The van der Waals surface area contributed by atoms with E-state index in [1.54, 1.807) is 49.6 Å². The summed E-state index contributed by atoms with van der Waals surface area (Å²) in [5.74, 6) is -0.845. The number of methoxy groups -OCH3 is 1. The summed E-state index contributed by atoms with van der Waals surface area (Å²) in [6.07, 6.45) is 0. The van der Waals surface area contributed by atoms with Gasteiger partial charge >= 0.3 is 0 Å². The number of hydrogen-bond donors (Lipinski definition) is 1. The van der Waals surface area contributed by atoms with Crippen molar-refractivity contribution in [3.63, 3.8) is 0 Å². The quantitative estimate of drug-likeness (QED) is 0.432. The molecule has 1 heterocycles. The second-order valence-corrected chi connectivity index (χ2v) is 7.97. The van der Waals surface area contributed by atoms with Crippen molar-refractivity contribution in [3.05, 3.63) is 69.8 Å². The maximum Gasteiger partial charge on any atom is 0.295 e. The number of amides is 1. The Bertz CT molecular complexity index is 999. The lowest BCUT2D eigenvalue weighted by atomic mass is 9.95. The molecule has 0 bridgehead atoms. The average molecular weight is 429 g/mol. The summed E-state index contributed by atoms with van der Waals surface area (Å²) in [6.45, 7) is 2.78. The Morgan fingerprint density at radius 3 is 2.40 bits per heavy atom. The van der Waals surface area contributed by atoms with E-state index in [0.29, 0.717) is 35.0 Å². The Morgan fingerprint density at radius 2 is 1.83 bits per heavy atom. The fourth-order valence-corrected chi connectivity index (χ4v) is 3.72. The zero-order valence-electron chi connectivity index (χ0n) is 17.5. The molecule has 0 saturated carbocycles. The fraction of sp³-hybridized carbons (Fsp3) is 0.304. The highest BCUT2D eigenvalue weighted by atomic mass is 35.5. The number of hydrogen-bond acceptors (Lipinski definition) is 5. The van der Waals surface area contributed by atoms with Gasteiger partial charge in [-0.2, -0.15) is 0 Å². The van der Waals surface area contributed by atoms with Gasteiger partial charge in [0.05, 0.1) is 18.7 Å². The number of nitrogens with zero attached hydrogens (tertiary/aromatic N) is 2. The molecule has 1 saturated heterocycles. The standard InChI is InChI=1S/C23H25ClN2O4/c1-14-13-16(7-10-18(14)30-4)21(27)19-20(15-5-8-17(24)9-6-15)26(12-11-25(2)3)23(29)22(19)28/h5-10,13,20,27H,11-12H2,1-4H3/t20-/m0/s1. The fourth-order valence-electron chi connectivity index (χ4n) is 3.59. The third-order valence-corrected chi connectivity index (χ3v) is 5.43. The first-order valence-electron chi connectivity index (χ1n) is 9.58. The van der Waals surface area contributed by atoms with Crippen molar-refractivity contribution in [2.24, 2.45) is 0 Å². The molecule has 1 N–H and O–H groups in total. The molecule has 0 aromatic heterocycles. The Balaban J connectivity index is 2.14. The van der Waals surface area contributed by atoms with E-state index >= 15 is 0 Å². The van der Waals surface area contributed by atoms with E-state index < -0.39 is 17.7 Å². The maximum atomic E-state index is 13.0. The topological polar surface area (TPSA) is 70.1 Å². The molecule has 0 radical (unpaired) electrons. The highest BCUT2D eigenvalue weighted by Crippen LogP contribution is 2.40. The van der Waals surface area contributed by atoms with E-state index in [4.69, 9.17) is 16.3 Å². The minimum atomic E-state index is -0.695. The second kappa shape index (κ2) is 8.90. The van der Waals surface area contributed by atoms with Crippen molar-refractivity contribution in [1.82, 2.24) is 9.80 Å². The Labute approximate surface area is 181 Å². The Kier molecular flexibility index (Phi) is 6.48. The van der Waals surface area contributed by atoms with Crippen LogP contribution in [0.1, 0.15) is 22.7 Å². The van der Waals surface area contributed by atoms with Crippen molar-refractivity contribution in [2.75, 3.05) is 34.3 Å². The maximum absolute atomic E-state index is 13.0. The molecule has 1 aliphatic heterocycles. The van der Waals surface area contributed by atoms with Crippen LogP contribution in [0.5, 0.6) is 5.75 Å². The number of rotatable bonds is 6. The largest absolute Gasteiger partial charge is 0.507 e. The van der Waals surface area contributed by atoms with Gasteiger partial charge < -0.3 is 19.6 Å². The molecule has 0 aliphatic carbocycles. The summed E-state index contributed by atoms with van der Waals surface area (Å²) in [4.78, 5) is 29.3. The molecule has 2 aromatic rings. The van der Waals surface area contributed by atoms with Crippen LogP contribution in [0.3, 0.4) is 0 Å². The minimum absolute atomic E-state index is 0.0747. The molecule has 1 amide bonds. The van der Waals surface area contributed by atoms with Gasteiger partial charge in [-0.1, -0.05) is 23.7 Å². The van der Waals surface area contributed by atoms with E-state index in [9.17, 15) is 14.7 Å². The second-order valence-electron chi connectivity index (χ2n) is 7.53. The first-order valence-corrected chi connectivity index (χ1v) is 9.96.